The van der Waals surface area contributed by atoms with Crippen LogP contribution in [0.4, 0.5) is 5.69 Å². The van der Waals surface area contributed by atoms with Gasteiger partial charge in [0.15, 0.2) is 6.29 Å². The lowest BCUT2D eigenvalue weighted by atomic mass is 9.71. The van der Waals surface area contributed by atoms with Gasteiger partial charge in [-0.1, -0.05) is 51.3 Å². The quantitative estimate of drug-likeness (QED) is 0.246. The number of rotatable bonds is 13. The van der Waals surface area contributed by atoms with Crippen LogP contribution in [0.15, 0.2) is 36.4 Å². The Bertz CT molecular complexity index is 1350. The van der Waals surface area contributed by atoms with Crippen LogP contribution in [0.5, 0.6) is 5.75 Å². The zero-order valence-electron chi connectivity index (χ0n) is 27.7. The Morgan fingerprint density at radius 1 is 1.07 bits per heavy atom. The molecule has 0 aromatic heterocycles. The lowest BCUT2D eigenvalue weighted by Gasteiger charge is -2.43. The largest absolute Gasteiger partial charge is 0.491 e. The number of nitrogens with one attached hydrogen (secondary N) is 1. The van der Waals surface area contributed by atoms with E-state index in [0.29, 0.717) is 37.2 Å². The van der Waals surface area contributed by atoms with E-state index >= 15 is 0 Å². The van der Waals surface area contributed by atoms with Crippen molar-refractivity contribution in [3.63, 3.8) is 0 Å². The lowest BCUT2D eigenvalue weighted by molar-refractivity contribution is -0.226. The molecule has 2 aromatic carbocycles. The van der Waals surface area contributed by atoms with E-state index < -0.39 is 17.1 Å². The van der Waals surface area contributed by atoms with E-state index in [4.69, 9.17) is 25.8 Å². The number of hydrogen-bond acceptors (Lipinski definition) is 7. The van der Waals surface area contributed by atoms with Crippen LogP contribution in [0.1, 0.15) is 93.6 Å². The number of anilines is 1. The molecule has 2 aliphatic heterocycles. The highest BCUT2D eigenvalue weighted by Crippen LogP contribution is 2.43. The first-order valence-corrected chi connectivity index (χ1v) is 18.7. The molecule has 254 valence electrons. The van der Waals surface area contributed by atoms with Crippen LogP contribution < -0.4 is 14.4 Å². The summed E-state index contributed by atoms with van der Waals surface area (Å²) >= 11 is 6.42. The number of carbonyl (C=O) groups excluding carboxylic acids is 1. The number of aliphatic hydroxyl groups excluding tert-OH is 1. The molecule has 2 heterocycles. The summed E-state index contributed by atoms with van der Waals surface area (Å²) in [5.74, 6) is 1.64. The molecule has 2 fully saturated rings. The van der Waals surface area contributed by atoms with Crippen molar-refractivity contribution in [2.24, 2.45) is 17.8 Å². The maximum Gasteiger partial charge on any atom is 0.263 e. The van der Waals surface area contributed by atoms with E-state index in [9.17, 15) is 14.1 Å². The van der Waals surface area contributed by atoms with Gasteiger partial charge in [-0.25, -0.2) is 4.21 Å². The molecule has 10 heteroatoms. The van der Waals surface area contributed by atoms with Crippen LogP contribution in [0, 0.1) is 17.8 Å². The summed E-state index contributed by atoms with van der Waals surface area (Å²) in [7, 11) is -1.49. The topological polar surface area (TPSA) is 97.3 Å². The third-order valence-electron chi connectivity index (χ3n) is 10.1. The number of hydrogen-bond donors (Lipinski definition) is 2. The molecule has 1 amide bonds. The predicted octanol–water partition coefficient (Wildman–Crippen LogP) is 6.64. The van der Waals surface area contributed by atoms with Gasteiger partial charge in [0.1, 0.15) is 22.8 Å². The third kappa shape index (κ3) is 8.64. The summed E-state index contributed by atoms with van der Waals surface area (Å²) in [5.41, 5.74) is 3.86. The van der Waals surface area contributed by atoms with E-state index in [-0.39, 0.29) is 29.3 Å². The van der Waals surface area contributed by atoms with E-state index in [2.05, 4.69) is 42.5 Å². The number of nitrogens with zero attached hydrogens (tertiary/aromatic N) is 1. The van der Waals surface area contributed by atoms with Gasteiger partial charge in [-0.15, -0.1) is 0 Å². The minimum absolute atomic E-state index is 0.113. The van der Waals surface area contributed by atoms with Gasteiger partial charge in [-0.2, -0.15) is 0 Å². The van der Waals surface area contributed by atoms with Gasteiger partial charge in [-0.3, -0.25) is 9.52 Å². The fourth-order valence-electron chi connectivity index (χ4n) is 6.99. The average Bonchev–Trinajstić information content (AvgIpc) is 3.21. The number of fused-ring (bicyclic) bond motifs is 1. The molecule has 1 saturated carbocycles. The van der Waals surface area contributed by atoms with E-state index in [1.165, 1.54) is 11.1 Å². The molecular formula is C36H51ClN2O6S. The standard InChI is InChI=1S/C36H51ClN2O6S/c1-5-7-23(3)24(4)46(42)38-36(41)27-11-14-34-33(16-27)39(18-28-10-9-25(28)17-35-44-21-31(40)22-45-35)19-29(20-43-34)32-13-12-30(37)15-26(32)8-6-2/h11-16,23-25,28-29,31,35,40H,5-10,17-22H2,1-4H3,(H,38,41). The van der Waals surface area contributed by atoms with Crippen molar-refractivity contribution >= 4 is 34.2 Å². The van der Waals surface area contributed by atoms with Crippen molar-refractivity contribution in [2.75, 3.05) is 37.8 Å². The van der Waals surface area contributed by atoms with E-state index in [0.717, 1.165) is 74.5 Å². The Hall–Kier alpha value is -2.17. The van der Waals surface area contributed by atoms with E-state index in [1.807, 2.05) is 25.1 Å². The van der Waals surface area contributed by atoms with Crippen molar-refractivity contribution < 1.29 is 28.3 Å². The highest BCUT2D eigenvalue weighted by molar-refractivity contribution is 7.84. The Labute approximate surface area is 282 Å². The van der Waals surface area contributed by atoms with Gasteiger partial charge >= 0.3 is 0 Å². The summed E-state index contributed by atoms with van der Waals surface area (Å²) in [4.78, 5) is 15.8. The first-order valence-electron chi connectivity index (χ1n) is 17.1. The summed E-state index contributed by atoms with van der Waals surface area (Å²) < 4.78 is 33.9. The molecule has 0 bridgehead atoms. The highest BCUT2D eigenvalue weighted by Gasteiger charge is 2.37. The Kier molecular flexibility index (Phi) is 12.4. The highest BCUT2D eigenvalue weighted by atomic mass is 35.5. The number of carbonyl (C=O) groups is 1. The van der Waals surface area contributed by atoms with Gasteiger partial charge in [0.05, 0.1) is 30.8 Å². The third-order valence-corrected chi connectivity index (χ3v) is 11.8. The Morgan fingerprint density at radius 2 is 1.83 bits per heavy atom. The molecule has 0 radical (unpaired) electrons. The monoisotopic (exact) mass is 674 g/mol. The van der Waals surface area contributed by atoms with Gasteiger partial charge in [0.2, 0.25) is 0 Å². The zero-order valence-corrected chi connectivity index (χ0v) is 29.3. The van der Waals surface area contributed by atoms with Crippen LogP contribution in [0.3, 0.4) is 0 Å². The van der Waals surface area contributed by atoms with Crippen LogP contribution in [0.2, 0.25) is 5.02 Å². The smallest absolute Gasteiger partial charge is 0.263 e. The molecule has 2 N–H and O–H groups in total. The van der Waals surface area contributed by atoms with Crippen molar-refractivity contribution in [3.8, 4) is 5.75 Å². The maximum absolute atomic E-state index is 13.4. The molecule has 0 spiro atoms. The molecule has 46 heavy (non-hydrogen) atoms. The van der Waals surface area contributed by atoms with Crippen molar-refractivity contribution in [1.82, 2.24) is 4.72 Å². The predicted molar refractivity (Wildman–Crippen MR) is 184 cm³/mol. The van der Waals surface area contributed by atoms with Crippen LogP contribution in [-0.2, 0) is 26.9 Å². The summed E-state index contributed by atoms with van der Waals surface area (Å²) in [6.07, 6.45) is 6.11. The fourth-order valence-corrected chi connectivity index (χ4v) is 8.23. The van der Waals surface area contributed by atoms with Crippen LogP contribution in [0.25, 0.3) is 0 Å². The molecular weight excluding hydrogens is 624 g/mol. The second kappa shape index (κ2) is 16.3. The summed E-state index contributed by atoms with van der Waals surface area (Å²) in [6.45, 7) is 11.0. The molecule has 5 rings (SSSR count). The molecule has 2 aromatic rings. The van der Waals surface area contributed by atoms with Crippen LogP contribution >= 0.6 is 11.6 Å². The Morgan fingerprint density at radius 3 is 2.52 bits per heavy atom. The number of aryl methyl sites for hydroxylation is 1. The Balaban J connectivity index is 1.38. The lowest BCUT2D eigenvalue weighted by Crippen LogP contribution is -2.43. The normalized spacial score (nSPS) is 26.6. The molecule has 1 saturated heterocycles. The SMILES string of the molecule is CCCc1cc(Cl)ccc1C1COc2ccc(C(=O)NS(=O)C(C)C(C)CCC)cc2N(CC2CCC2CC2OCC(O)CO2)C1. The number of ether oxygens (including phenoxy) is 3. The van der Waals surface area contributed by atoms with Gasteiger partial charge in [0.25, 0.3) is 5.91 Å². The second-order valence-electron chi connectivity index (χ2n) is 13.5. The molecule has 6 unspecified atom stereocenters. The fraction of sp³-hybridized carbons (Fsp3) is 0.639. The van der Waals surface area contributed by atoms with Crippen molar-refractivity contribution in [2.45, 2.75) is 96.2 Å². The number of halogens is 1. The molecule has 8 nitrogen and oxygen atoms in total. The van der Waals surface area contributed by atoms with E-state index in [1.54, 1.807) is 6.07 Å². The van der Waals surface area contributed by atoms with Gasteiger partial charge < -0.3 is 24.2 Å². The zero-order chi connectivity index (χ0) is 32.8. The first kappa shape index (κ1) is 35.1. The second-order valence-corrected chi connectivity index (χ2v) is 15.5. The summed E-state index contributed by atoms with van der Waals surface area (Å²) in [5, 5.41) is 10.4. The van der Waals surface area contributed by atoms with Crippen molar-refractivity contribution in [3.05, 3.63) is 58.1 Å². The molecule has 3 aliphatic rings. The number of aliphatic hydroxyl groups is 1. The van der Waals surface area contributed by atoms with Gasteiger partial charge in [0, 0.05) is 36.0 Å². The molecule has 1 aliphatic carbocycles. The van der Waals surface area contributed by atoms with Gasteiger partial charge in [-0.05, 0) is 91.8 Å². The van der Waals surface area contributed by atoms with Crippen LogP contribution in [-0.4, -0.2) is 65.8 Å². The first-order chi connectivity index (χ1) is 22.2. The van der Waals surface area contributed by atoms with Crippen molar-refractivity contribution in [1.29, 1.82) is 0 Å². The minimum atomic E-state index is -1.49. The maximum atomic E-state index is 13.4. The number of benzene rings is 2. The number of amides is 1. The summed E-state index contributed by atoms with van der Waals surface area (Å²) in [6, 6.07) is 11.7. The molecule has 6 atom stereocenters. The average molecular weight is 675 g/mol. The minimum Gasteiger partial charge on any atom is -0.491 e.